The van der Waals surface area contributed by atoms with E-state index in [2.05, 4.69) is 23.8 Å². The third-order valence-corrected chi connectivity index (χ3v) is 5.61. The molecule has 2 bridgehead atoms. The van der Waals surface area contributed by atoms with Crippen LogP contribution in [0.3, 0.4) is 0 Å². The second-order valence-corrected chi connectivity index (χ2v) is 7.19. The fraction of sp³-hybridized carbons (Fsp3) is 0.381. The van der Waals surface area contributed by atoms with Crippen molar-refractivity contribution in [1.29, 1.82) is 0 Å². The molecule has 4 rings (SSSR count). The number of ether oxygens (including phenoxy) is 1. The summed E-state index contributed by atoms with van der Waals surface area (Å²) in [5.74, 6) is -0.222. The van der Waals surface area contributed by atoms with Gasteiger partial charge < -0.3 is 9.84 Å². The quantitative estimate of drug-likeness (QED) is 0.477. The van der Waals surface area contributed by atoms with Crippen LogP contribution in [0.2, 0.25) is 0 Å². The van der Waals surface area contributed by atoms with Gasteiger partial charge in [0.15, 0.2) is 11.5 Å². The lowest BCUT2D eigenvalue weighted by atomic mass is 9.85. The Kier molecular flexibility index (Phi) is 4.34. The topological polar surface area (TPSA) is 79.2 Å². The number of hydrogen-bond donors (Lipinski definition) is 1. The van der Waals surface area contributed by atoms with Crippen molar-refractivity contribution in [3.63, 3.8) is 0 Å². The van der Waals surface area contributed by atoms with E-state index in [-0.39, 0.29) is 41.2 Å². The van der Waals surface area contributed by atoms with Crippen LogP contribution in [0.25, 0.3) is 0 Å². The highest BCUT2D eigenvalue weighted by molar-refractivity contribution is 6.06. The lowest BCUT2D eigenvalue weighted by Crippen LogP contribution is -2.28. The minimum absolute atomic E-state index is 0.0689. The van der Waals surface area contributed by atoms with Gasteiger partial charge in [-0.15, -0.1) is 6.58 Å². The molecule has 2 aliphatic carbocycles. The highest BCUT2D eigenvalue weighted by Crippen LogP contribution is 2.52. The van der Waals surface area contributed by atoms with E-state index in [9.17, 15) is 14.7 Å². The molecule has 1 aromatic rings. The van der Waals surface area contributed by atoms with Crippen LogP contribution in [0.5, 0.6) is 11.5 Å². The Hall–Kier alpha value is -2.89. The predicted octanol–water partition coefficient (Wildman–Crippen LogP) is 2.66. The van der Waals surface area contributed by atoms with Gasteiger partial charge in [0, 0.05) is 5.56 Å². The van der Waals surface area contributed by atoms with Crippen LogP contribution < -0.4 is 4.74 Å². The van der Waals surface area contributed by atoms with E-state index >= 15 is 0 Å². The zero-order chi connectivity index (χ0) is 19.1. The molecule has 1 saturated heterocycles. The van der Waals surface area contributed by atoms with Crippen LogP contribution in [0, 0.1) is 23.7 Å². The average Bonchev–Trinajstić information content (AvgIpc) is 3.32. The molecule has 1 heterocycles. The summed E-state index contributed by atoms with van der Waals surface area (Å²) < 4.78 is 5.47. The number of hydrazone groups is 1. The van der Waals surface area contributed by atoms with Crippen LogP contribution in [0.4, 0.5) is 0 Å². The van der Waals surface area contributed by atoms with Gasteiger partial charge >= 0.3 is 0 Å². The minimum Gasteiger partial charge on any atom is -0.504 e. The molecular weight excluding hydrogens is 344 g/mol. The van der Waals surface area contributed by atoms with Gasteiger partial charge in [0.25, 0.3) is 11.8 Å². The zero-order valence-corrected chi connectivity index (χ0v) is 15.2. The Morgan fingerprint density at radius 2 is 1.93 bits per heavy atom. The number of carbonyl (C=O) groups excluding carboxylic acids is 2. The number of carbonyl (C=O) groups is 2. The minimum atomic E-state index is -0.264. The Morgan fingerprint density at radius 3 is 2.52 bits per heavy atom. The Morgan fingerprint density at radius 1 is 1.26 bits per heavy atom. The molecule has 0 unspecified atom stereocenters. The van der Waals surface area contributed by atoms with E-state index < -0.39 is 0 Å². The fourth-order valence-electron chi connectivity index (χ4n) is 4.47. The lowest BCUT2D eigenvalue weighted by molar-refractivity contribution is -0.140. The van der Waals surface area contributed by atoms with Crippen LogP contribution in [0.15, 0.2) is 42.0 Å². The van der Waals surface area contributed by atoms with E-state index in [0.717, 1.165) is 11.4 Å². The molecule has 1 aromatic carbocycles. The number of imide groups is 1. The van der Waals surface area contributed by atoms with Crippen molar-refractivity contribution in [3.8, 4) is 11.5 Å². The van der Waals surface area contributed by atoms with E-state index in [1.54, 1.807) is 18.2 Å². The van der Waals surface area contributed by atoms with Crippen molar-refractivity contribution in [2.75, 3.05) is 6.61 Å². The number of fused-ring (bicyclic) bond motifs is 5. The molecule has 3 aliphatic rings. The lowest BCUT2D eigenvalue weighted by Gasteiger charge is -2.13. The summed E-state index contributed by atoms with van der Waals surface area (Å²) in [6, 6.07) is 3.40. The maximum absolute atomic E-state index is 12.7. The molecule has 6 heteroatoms. The Balaban J connectivity index is 1.60. The number of phenols is 1. The van der Waals surface area contributed by atoms with Crippen LogP contribution >= 0.6 is 0 Å². The molecule has 4 atom stereocenters. The first-order chi connectivity index (χ1) is 13.0. The molecule has 0 radical (unpaired) electrons. The number of benzene rings is 1. The van der Waals surface area contributed by atoms with Crippen molar-refractivity contribution in [2.45, 2.75) is 19.8 Å². The van der Waals surface area contributed by atoms with Gasteiger partial charge in [-0.3, -0.25) is 9.59 Å². The van der Waals surface area contributed by atoms with Gasteiger partial charge in [-0.1, -0.05) is 18.2 Å². The summed E-state index contributed by atoms with van der Waals surface area (Å²) in [6.45, 7) is 5.93. The highest BCUT2D eigenvalue weighted by atomic mass is 16.5. The second kappa shape index (κ2) is 6.68. The van der Waals surface area contributed by atoms with E-state index in [0.29, 0.717) is 29.9 Å². The van der Waals surface area contributed by atoms with Crippen LogP contribution in [-0.2, 0) is 16.0 Å². The van der Waals surface area contributed by atoms with Gasteiger partial charge in [-0.25, -0.2) is 0 Å². The van der Waals surface area contributed by atoms with Crippen LogP contribution in [0.1, 0.15) is 24.5 Å². The van der Waals surface area contributed by atoms with Crippen LogP contribution in [-0.4, -0.2) is 34.8 Å². The third-order valence-electron chi connectivity index (χ3n) is 5.61. The van der Waals surface area contributed by atoms with Gasteiger partial charge in [-0.05, 0) is 49.3 Å². The molecular formula is C21H22N2O4. The van der Waals surface area contributed by atoms with E-state index in [1.165, 1.54) is 6.21 Å². The number of hydrogen-bond acceptors (Lipinski definition) is 5. The molecule has 0 spiro atoms. The number of rotatable bonds is 6. The molecule has 2 fully saturated rings. The zero-order valence-electron chi connectivity index (χ0n) is 15.2. The number of aromatic hydroxyl groups is 1. The first-order valence-electron chi connectivity index (χ1n) is 9.24. The second-order valence-electron chi connectivity index (χ2n) is 7.19. The standard InChI is InChI=1S/C21H22N2O4/c1-3-5-15-8-12(9-16(19(15)24)27-4-2)11-22-23-20(25)17-13-6-7-14(10-13)18(17)21(23)26/h3,6-9,11,13-14,17-18,24H,1,4-5,10H2,2H3/t13-,14-,17-,18+/m0/s1. The number of amides is 2. The summed E-state index contributed by atoms with van der Waals surface area (Å²) in [7, 11) is 0. The summed E-state index contributed by atoms with van der Waals surface area (Å²) in [6.07, 6.45) is 8.63. The fourth-order valence-corrected chi connectivity index (χ4v) is 4.47. The van der Waals surface area contributed by atoms with Crippen molar-refractivity contribution < 1.29 is 19.4 Å². The maximum atomic E-state index is 12.7. The Labute approximate surface area is 157 Å². The predicted molar refractivity (Wildman–Crippen MR) is 100 cm³/mol. The summed E-state index contributed by atoms with van der Waals surface area (Å²) in [5.41, 5.74) is 1.29. The monoisotopic (exact) mass is 366 g/mol. The summed E-state index contributed by atoms with van der Waals surface area (Å²) in [5, 5.41) is 15.5. The molecule has 1 N–H and O–H groups in total. The smallest absolute Gasteiger partial charge is 0.254 e. The van der Waals surface area contributed by atoms with E-state index in [1.807, 2.05) is 6.92 Å². The van der Waals surface area contributed by atoms with Crippen molar-refractivity contribution >= 4 is 18.0 Å². The van der Waals surface area contributed by atoms with Gasteiger partial charge in [0.05, 0.1) is 24.7 Å². The van der Waals surface area contributed by atoms with Gasteiger partial charge in [-0.2, -0.15) is 10.1 Å². The molecule has 2 amide bonds. The molecule has 1 aliphatic heterocycles. The number of allylic oxidation sites excluding steroid dienone is 3. The van der Waals surface area contributed by atoms with Crippen molar-refractivity contribution in [2.24, 2.45) is 28.8 Å². The van der Waals surface area contributed by atoms with Gasteiger partial charge in [0.1, 0.15) is 0 Å². The molecule has 140 valence electrons. The largest absolute Gasteiger partial charge is 0.504 e. The Bertz CT molecular complexity index is 843. The number of phenolic OH excluding ortho intramolecular Hbond substituents is 1. The maximum Gasteiger partial charge on any atom is 0.254 e. The molecule has 0 aromatic heterocycles. The highest BCUT2D eigenvalue weighted by Gasteiger charge is 2.59. The molecule has 6 nitrogen and oxygen atoms in total. The molecule has 1 saturated carbocycles. The SMILES string of the molecule is C=CCc1cc(C=NN2C(=O)[C@@H]3[C@H](C2=O)[C@H]2C=C[C@H]3C2)cc(OCC)c1O. The van der Waals surface area contributed by atoms with E-state index in [4.69, 9.17) is 4.74 Å². The summed E-state index contributed by atoms with van der Waals surface area (Å²) in [4.78, 5) is 25.4. The third kappa shape index (κ3) is 2.76. The van der Waals surface area contributed by atoms with Crippen molar-refractivity contribution in [3.05, 3.63) is 48.1 Å². The normalized spacial score (nSPS) is 28.4. The number of nitrogens with zero attached hydrogens (tertiary/aromatic N) is 2. The summed E-state index contributed by atoms with van der Waals surface area (Å²) >= 11 is 0. The average molecular weight is 366 g/mol. The van der Waals surface area contributed by atoms with Gasteiger partial charge in [0.2, 0.25) is 0 Å². The first kappa shape index (κ1) is 17.5. The first-order valence-corrected chi connectivity index (χ1v) is 9.24. The molecule has 27 heavy (non-hydrogen) atoms. The van der Waals surface area contributed by atoms with Crippen molar-refractivity contribution in [1.82, 2.24) is 5.01 Å².